The van der Waals surface area contributed by atoms with Gasteiger partial charge in [-0.1, -0.05) is 170 Å². The Morgan fingerprint density at radius 1 is 0.227 bits per heavy atom. The molecule has 0 fully saturated rings. The molecule has 0 aliphatic carbocycles. The highest BCUT2D eigenvalue weighted by Gasteiger charge is 2.22. The van der Waals surface area contributed by atoms with E-state index < -0.39 is 0 Å². The van der Waals surface area contributed by atoms with Crippen molar-refractivity contribution in [2.24, 2.45) is 0 Å². The SMILES string of the molecule is c1ccc(-n2c3ccccc3c3c(-c4cccc5c(-c6ccc7cc8ccccc8cc7c6)c6cccc(-c7cccc8c7c7ccccc7n8-c7ccccc7)c6cc45)cccc32)cc1. The van der Waals surface area contributed by atoms with Gasteiger partial charge in [0.15, 0.2) is 0 Å². The standard InChI is InChI=1S/C64H40N2/c1-3-19-46(20-4-1)65-58-31-11-9-23-54(58)63-50(29-15-33-60(63)65)48-25-13-27-52-56(48)40-57-49(51-30-16-34-61-64(51)55-24-10-12-32-59(55)66(61)47-21-5-2-6-22-47)26-14-28-53(57)62(52)44-36-35-43-37-41-17-7-8-18-42(41)38-45(43)39-44/h1-40H. The maximum Gasteiger partial charge on any atom is 0.0547 e. The van der Waals surface area contributed by atoms with Gasteiger partial charge in [-0.15, -0.1) is 0 Å². The molecule has 0 atom stereocenters. The smallest absolute Gasteiger partial charge is 0.0547 e. The summed E-state index contributed by atoms with van der Waals surface area (Å²) >= 11 is 0. The molecule has 0 aliphatic rings. The van der Waals surface area contributed by atoms with E-state index in [1.165, 1.54) is 120 Å². The van der Waals surface area contributed by atoms with Gasteiger partial charge in [0.25, 0.3) is 0 Å². The monoisotopic (exact) mass is 836 g/mol. The molecule has 2 heteroatoms. The molecule has 12 aromatic carbocycles. The molecule has 2 aromatic heterocycles. The molecule has 2 heterocycles. The van der Waals surface area contributed by atoms with E-state index in [1.54, 1.807) is 0 Å². The van der Waals surface area contributed by atoms with Gasteiger partial charge in [0.05, 0.1) is 22.1 Å². The van der Waals surface area contributed by atoms with Gasteiger partial charge < -0.3 is 9.13 Å². The van der Waals surface area contributed by atoms with Crippen molar-refractivity contribution in [3.8, 4) is 44.8 Å². The molecule has 0 saturated carbocycles. The summed E-state index contributed by atoms with van der Waals surface area (Å²) in [5.74, 6) is 0. The molecule has 0 amide bonds. The normalized spacial score (nSPS) is 11.9. The lowest BCUT2D eigenvalue weighted by Gasteiger charge is -2.19. The average molecular weight is 837 g/mol. The van der Waals surface area contributed by atoms with Gasteiger partial charge in [0.1, 0.15) is 0 Å². The van der Waals surface area contributed by atoms with E-state index in [0.29, 0.717) is 0 Å². The molecule has 0 bridgehead atoms. The number of hydrogen-bond acceptors (Lipinski definition) is 0. The number of para-hydroxylation sites is 4. The van der Waals surface area contributed by atoms with E-state index in [-0.39, 0.29) is 0 Å². The topological polar surface area (TPSA) is 9.86 Å². The molecule has 14 rings (SSSR count). The van der Waals surface area contributed by atoms with Gasteiger partial charge in [-0.25, -0.2) is 0 Å². The fourth-order valence-corrected chi connectivity index (χ4v) is 11.2. The number of benzene rings is 12. The van der Waals surface area contributed by atoms with Crippen LogP contribution in [0.5, 0.6) is 0 Å². The van der Waals surface area contributed by atoms with Crippen molar-refractivity contribution >= 4 is 86.7 Å². The predicted molar refractivity (Wildman–Crippen MR) is 281 cm³/mol. The van der Waals surface area contributed by atoms with Gasteiger partial charge in [-0.3, -0.25) is 0 Å². The lowest BCUT2D eigenvalue weighted by molar-refractivity contribution is 1.18. The summed E-state index contributed by atoms with van der Waals surface area (Å²) in [4.78, 5) is 0. The minimum absolute atomic E-state index is 1.16. The third-order valence-electron chi connectivity index (χ3n) is 14.0. The summed E-state index contributed by atoms with van der Waals surface area (Å²) in [5, 5.41) is 14.9. The first-order valence-corrected chi connectivity index (χ1v) is 22.8. The first-order chi connectivity index (χ1) is 32.8. The maximum atomic E-state index is 2.50. The Morgan fingerprint density at radius 2 is 0.636 bits per heavy atom. The van der Waals surface area contributed by atoms with Crippen molar-refractivity contribution in [1.82, 2.24) is 9.13 Å². The van der Waals surface area contributed by atoms with Crippen LogP contribution in [0.1, 0.15) is 0 Å². The van der Waals surface area contributed by atoms with E-state index in [2.05, 4.69) is 252 Å². The summed E-state index contributed by atoms with van der Waals surface area (Å²) in [7, 11) is 0. The largest absolute Gasteiger partial charge is 0.309 e. The van der Waals surface area contributed by atoms with Gasteiger partial charge in [0, 0.05) is 32.9 Å². The van der Waals surface area contributed by atoms with E-state index in [1.807, 2.05) is 0 Å². The number of hydrogen-bond donors (Lipinski definition) is 0. The lowest BCUT2D eigenvalue weighted by atomic mass is 9.85. The van der Waals surface area contributed by atoms with Crippen molar-refractivity contribution in [2.45, 2.75) is 0 Å². The summed E-state index contributed by atoms with van der Waals surface area (Å²) < 4.78 is 4.84. The third-order valence-corrected chi connectivity index (χ3v) is 14.0. The molecule has 14 aromatic rings. The van der Waals surface area contributed by atoms with Crippen LogP contribution in [-0.4, -0.2) is 9.13 Å². The molecular weight excluding hydrogens is 797 g/mol. The maximum absolute atomic E-state index is 2.50. The molecule has 0 aliphatic heterocycles. The number of fused-ring (bicyclic) bond motifs is 10. The van der Waals surface area contributed by atoms with Crippen molar-refractivity contribution in [3.63, 3.8) is 0 Å². The first kappa shape index (κ1) is 36.7. The molecule has 0 spiro atoms. The van der Waals surface area contributed by atoms with E-state index in [4.69, 9.17) is 0 Å². The van der Waals surface area contributed by atoms with Crippen LogP contribution in [0.2, 0.25) is 0 Å². The Morgan fingerprint density at radius 3 is 1.18 bits per heavy atom. The molecular formula is C64H40N2. The van der Waals surface area contributed by atoms with Crippen LogP contribution < -0.4 is 0 Å². The van der Waals surface area contributed by atoms with Crippen LogP contribution in [0.3, 0.4) is 0 Å². The highest BCUT2D eigenvalue weighted by molar-refractivity contribution is 6.25. The minimum atomic E-state index is 1.16. The summed E-state index contributed by atoms with van der Waals surface area (Å²) in [5.41, 5.74) is 14.5. The molecule has 0 saturated heterocycles. The highest BCUT2D eigenvalue weighted by atomic mass is 15.0. The number of nitrogens with zero attached hydrogens (tertiary/aromatic N) is 2. The Kier molecular flexibility index (Phi) is 8.02. The van der Waals surface area contributed by atoms with Crippen LogP contribution in [0.25, 0.3) is 131 Å². The zero-order chi connectivity index (χ0) is 43.3. The molecule has 0 radical (unpaired) electrons. The fraction of sp³-hybridized carbons (Fsp3) is 0. The van der Waals surface area contributed by atoms with Crippen LogP contribution in [0.15, 0.2) is 243 Å². The Balaban J connectivity index is 1.11. The number of aromatic nitrogens is 2. The lowest BCUT2D eigenvalue weighted by Crippen LogP contribution is -1.94. The first-order valence-electron chi connectivity index (χ1n) is 22.8. The van der Waals surface area contributed by atoms with Gasteiger partial charge >= 0.3 is 0 Å². The Hall–Kier alpha value is -8.72. The fourth-order valence-electron chi connectivity index (χ4n) is 11.2. The quantitative estimate of drug-likeness (QED) is 0.153. The Bertz CT molecular complexity index is 4050. The zero-order valence-corrected chi connectivity index (χ0v) is 36.0. The average Bonchev–Trinajstić information content (AvgIpc) is 3.91. The van der Waals surface area contributed by atoms with E-state index in [9.17, 15) is 0 Å². The molecule has 2 nitrogen and oxygen atoms in total. The second-order valence-electron chi connectivity index (χ2n) is 17.6. The van der Waals surface area contributed by atoms with E-state index in [0.717, 1.165) is 11.4 Å². The van der Waals surface area contributed by atoms with Crippen molar-refractivity contribution < 1.29 is 0 Å². The van der Waals surface area contributed by atoms with Crippen LogP contribution >= 0.6 is 0 Å². The highest BCUT2D eigenvalue weighted by Crippen LogP contribution is 2.48. The minimum Gasteiger partial charge on any atom is -0.309 e. The van der Waals surface area contributed by atoms with Gasteiger partial charge in [-0.2, -0.15) is 0 Å². The molecule has 0 N–H and O–H groups in total. The third kappa shape index (κ3) is 5.42. The van der Waals surface area contributed by atoms with Crippen LogP contribution in [0.4, 0.5) is 0 Å². The zero-order valence-electron chi connectivity index (χ0n) is 36.0. The summed E-state index contributed by atoms with van der Waals surface area (Å²) in [6, 6.07) is 89.8. The second kappa shape index (κ2) is 14.4. The predicted octanol–water partition coefficient (Wildman–Crippen LogP) is 17.5. The summed E-state index contributed by atoms with van der Waals surface area (Å²) in [6.45, 7) is 0. The second-order valence-corrected chi connectivity index (χ2v) is 17.6. The Labute approximate surface area is 381 Å². The molecule has 66 heavy (non-hydrogen) atoms. The van der Waals surface area contributed by atoms with E-state index >= 15 is 0 Å². The van der Waals surface area contributed by atoms with Crippen molar-refractivity contribution in [2.75, 3.05) is 0 Å². The molecule has 0 unspecified atom stereocenters. The van der Waals surface area contributed by atoms with Crippen LogP contribution in [-0.2, 0) is 0 Å². The van der Waals surface area contributed by atoms with Crippen LogP contribution in [0, 0.1) is 0 Å². The number of rotatable bonds is 5. The van der Waals surface area contributed by atoms with Gasteiger partial charge in [0.2, 0.25) is 0 Å². The van der Waals surface area contributed by atoms with Crippen molar-refractivity contribution in [3.05, 3.63) is 243 Å². The van der Waals surface area contributed by atoms with Crippen molar-refractivity contribution in [1.29, 1.82) is 0 Å². The molecule has 306 valence electrons. The summed E-state index contributed by atoms with van der Waals surface area (Å²) in [6.07, 6.45) is 0. The van der Waals surface area contributed by atoms with Gasteiger partial charge in [-0.05, 0) is 149 Å².